The lowest BCUT2D eigenvalue weighted by Gasteiger charge is -1.94. The molecule has 1 saturated heterocycles. The minimum absolute atomic E-state index is 0.247. The summed E-state index contributed by atoms with van der Waals surface area (Å²) < 4.78 is 4.33. The van der Waals surface area contributed by atoms with E-state index in [1.165, 1.54) is 6.92 Å². The van der Waals surface area contributed by atoms with Crippen LogP contribution in [0.4, 0.5) is 0 Å². The van der Waals surface area contributed by atoms with Crippen molar-refractivity contribution >= 4 is 17.5 Å². The molecular weight excluding hydrogens is 136 g/mol. The summed E-state index contributed by atoms with van der Waals surface area (Å²) in [7, 11) is 0. The van der Waals surface area contributed by atoms with Crippen molar-refractivity contribution in [1.82, 2.24) is 0 Å². The van der Waals surface area contributed by atoms with Crippen molar-refractivity contribution in [3.63, 3.8) is 0 Å². The van der Waals surface area contributed by atoms with Crippen LogP contribution in [0.2, 0.25) is 0 Å². The Kier molecular flexibility index (Phi) is 1.53. The van der Waals surface area contributed by atoms with E-state index in [9.17, 15) is 14.4 Å². The third-order valence-electron chi connectivity index (χ3n) is 1.32. The van der Waals surface area contributed by atoms with E-state index in [1.807, 2.05) is 0 Å². The molecule has 0 aromatic rings. The fourth-order valence-corrected chi connectivity index (χ4v) is 0.833. The highest BCUT2D eigenvalue weighted by Crippen LogP contribution is 2.10. The fourth-order valence-electron chi connectivity index (χ4n) is 0.833. The van der Waals surface area contributed by atoms with Crippen molar-refractivity contribution < 1.29 is 19.1 Å². The average molecular weight is 142 g/mol. The largest absolute Gasteiger partial charge is 0.457 e. The van der Waals surface area contributed by atoms with Crippen LogP contribution < -0.4 is 0 Å². The summed E-state index contributed by atoms with van der Waals surface area (Å²) in [6, 6.07) is 0. The summed E-state index contributed by atoms with van der Waals surface area (Å²) in [6.45, 7) is 0.957. The highest BCUT2D eigenvalue weighted by Gasteiger charge is 2.38. The van der Waals surface area contributed by atoms with E-state index >= 15 is 0 Å². The van der Waals surface area contributed by atoms with Gasteiger partial charge in [0.25, 0.3) is 0 Å². The van der Waals surface area contributed by atoms with E-state index in [1.54, 1.807) is 0 Å². The Balaban J connectivity index is 2.82. The molecule has 4 nitrogen and oxygen atoms in total. The van der Waals surface area contributed by atoms with Gasteiger partial charge in [0.1, 0.15) is 0 Å². The summed E-state index contributed by atoms with van der Waals surface area (Å²) in [4.78, 5) is 31.8. The van der Waals surface area contributed by atoms with E-state index in [0.717, 1.165) is 0 Å². The molecule has 1 aliphatic heterocycles. The zero-order chi connectivity index (χ0) is 7.72. The van der Waals surface area contributed by atoms with Gasteiger partial charge in [0.15, 0.2) is 24.1 Å². The molecule has 10 heavy (non-hydrogen) atoms. The smallest absolute Gasteiger partial charge is 0.324 e. The van der Waals surface area contributed by atoms with Crippen molar-refractivity contribution in [1.29, 1.82) is 0 Å². The van der Waals surface area contributed by atoms with Gasteiger partial charge in [0.2, 0.25) is 0 Å². The lowest BCUT2D eigenvalue weighted by Crippen LogP contribution is -2.22. The number of Topliss-reactive ketones (excluding diaryl/α,β-unsaturated/α-hetero) is 2. The molecule has 0 unspecified atom stereocenters. The van der Waals surface area contributed by atoms with Gasteiger partial charge in [0.05, 0.1) is 0 Å². The second-order valence-corrected chi connectivity index (χ2v) is 2.12. The molecule has 1 fully saturated rings. The standard InChI is InChI=1S/C6H6O4/c1-3(7)5-4(8)2-10-6(5)9/h5H,2H2,1H3/t5-/m0/s1. The average Bonchev–Trinajstić information content (AvgIpc) is 2.11. The third kappa shape index (κ3) is 0.920. The van der Waals surface area contributed by atoms with Gasteiger partial charge in [-0.3, -0.25) is 14.4 Å². The van der Waals surface area contributed by atoms with Gasteiger partial charge in [-0.05, 0) is 6.92 Å². The molecule has 54 valence electrons. The topological polar surface area (TPSA) is 60.4 Å². The molecule has 1 heterocycles. The molecule has 0 spiro atoms. The number of ether oxygens (including phenoxy) is 1. The van der Waals surface area contributed by atoms with Crippen LogP contribution in [0.1, 0.15) is 6.92 Å². The predicted octanol–water partition coefficient (Wildman–Crippen LogP) is -0.683. The molecule has 1 atom stereocenters. The highest BCUT2D eigenvalue weighted by atomic mass is 16.5. The van der Waals surface area contributed by atoms with Gasteiger partial charge >= 0.3 is 5.97 Å². The van der Waals surface area contributed by atoms with Gasteiger partial charge < -0.3 is 4.74 Å². The SMILES string of the molecule is CC(=O)[C@H]1C(=O)COC1=O. The van der Waals surface area contributed by atoms with Gasteiger partial charge in [0, 0.05) is 0 Å². The lowest BCUT2D eigenvalue weighted by molar-refractivity contribution is -0.144. The van der Waals surface area contributed by atoms with Gasteiger partial charge in [-0.25, -0.2) is 0 Å². The molecule has 0 bridgehead atoms. The number of ketones is 2. The zero-order valence-electron chi connectivity index (χ0n) is 5.42. The number of carbonyl (C=O) groups excluding carboxylic acids is 3. The fraction of sp³-hybridized carbons (Fsp3) is 0.500. The summed E-state index contributed by atoms with van der Waals surface area (Å²) in [5.41, 5.74) is 0. The van der Waals surface area contributed by atoms with Crippen LogP contribution in [0.5, 0.6) is 0 Å². The minimum Gasteiger partial charge on any atom is -0.457 e. The van der Waals surface area contributed by atoms with Gasteiger partial charge in [-0.2, -0.15) is 0 Å². The molecule has 0 radical (unpaired) electrons. The number of hydrogen-bond donors (Lipinski definition) is 0. The third-order valence-corrected chi connectivity index (χ3v) is 1.32. The van der Waals surface area contributed by atoms with Crippen molar-refractivity contribution in [2.45, 2.75) is 6.92 Å². The maximum atomic E-state index is 10.7. The Labute approximate surface area is 57.2 Å². The first kappa shape index (κ1) is 6.92. The summed E-state index contributed by atoms with van der Waals surface area (Å²) in [5, 5.41) is 0. The maximum Gasteiger partial charge on any atom is 0.324 e. The molecular formula is C6H6O4. The van der Waals surface area contributed by atoms with Crippen LogP contribution in [0.3, 0.4) is 0 Å². The van der Waals surface area contributed by atoms with Crippen LogP contribution in [0.15, 0.2) is 0 Å². The second-order valence-electron chi connectivity index (χ2n) is 2.12. The monoisotopic (exact) mass is 142 g/mol. The van der Waals surface area contributed by atoms with Crippen molar-refractivity contribution in [3.05, 3.63) is 0 Å². The molecule has 4 heteroatoms. The first-order chi connectivity index (χ1) is 4.63. The van der Waals surface area contributed by atoms with Crippen molar-refractivity contribution in [3.8, 4) is 0 Å². The summed E-state index contributed by atoms with van der Waals surface area (Å²) in [5.74, 6) is -2.72. The Morgan fingerprint density at radius 2 is 2.20 bits per heavy atom. The first-order valence-corrected chi connectivity index (χ1v) is 2.82. The van der Waals surface area contributed by atoms with Crippen LogP contribution in [0, 0.1) is 5.92 Å². The van der Waals surface area contributed by atoms with Crippen LogP contribution in [0.25, 0.3) is 0 Å². The Bertz CT molecular complexity index is 190. The van der Waals surface area contributed by atoms with E-state index in [4.69, 9.17) is 0 Å². The van der Waals surface area contributed by atoms with Crippen LogP contribution in [-0.2, 0) is 19.1 Å². The number of rotatable bonds is 1. The first-order valence-electron chi connectivity index (χ1n) is 2.82. The number of cyclic esters (lactones) is 1. The quantitative estimate of drug-likeness (QED) is 0.359. The molecule has 0 N–H and O–H groups in total. The predicted molar refractivity (Wildman–Crippen MR) is 30.1 cm³/mol. The van der Waals surface area contributed by atoms with Crippen LogP contribution >= 0.6 is 0 Å². The highest BCUT2D eigenvalue weighted by molar-refractivity contribution is 6.19. The Morgan fingerprint density at radius 3 is 2.40 bits per heavy atom. The second kappa shape index (κ2) is 2.21. The molecule has 1 aliphatic rings. The Morgan fingerprint density at radius 1 is 1.60 bits per heavy atom. The van der Waals surface area contributed by atoms with Crippen LogP contribution in [-0.4, -0.2) is 24.1 Å². The molecule has 0 saturated carbocycles. The van der Waals surface area contributed by atoms with Gasteiger partial charge in [-0.1, -0.05) is 0 Å². The van der Waals surface area contributed by atoms with E-state index < -0.39 is 23.5 Å². The molecule has 0 aromatic heterocycles. The zero-order valence-corrected chi connectivity index (χ0v) is 5.42. The molecule has 0 amide bonds. The minimum atomic E-state index is -1.14. The summed E-state index contributed by atoms with van der Waals surface area (Å²) >= 11 is 0. The van der Waals surface area contributed by atoms with Crippen molar-refractivity contribution in [2.75, 3.05) is 6.61 Å². The molecule has 1 rings (SSSR count). The molecule has 0 aliphatic carbocycles. The number of carbonyl (C=O) groups is 3. The number of hydrogen-bond acceptors (Lipinski definition) is 4. The summed E-state index contributed by atoms with van der Waals surface area (Å²) in [6.07, 6.45) is 0. The van der Waals surface area contributed by atoms with E-state index in [2.05, 4.69) is 4.74 Å². The number of esters is 1. The van der Waals surface area contributed by atoms with Crippen molar-refractivity contribution in [2.24, 2.45) is 5.92 Å². The lowest BCUT2D eigenvalue weighted by atomic mass is 10.0. The molecule has 0 aromatic carbocycles. The van der Waals surface area contributed by atoms with E-state index in [0.29, 0.717) is 0 Å². The Hall–Kier alpha value is -1.19. The maximum absolute atomic E-state index is 10.7. The van der Waals surface area contributed by atoms with Gasteiger partial charge in [-0.15, -0.1) is 0 Å². The normalized spacial score (nSPS) is 24.7. The van der Waals surface area contributed by atoms with E-state index in [-0.39, 0.29) is 6.61 Å².